The number of guanidine groups is 1. The van der Waals surface area contributed by atoms with Gasteiger partial charge in [-0.2, -0.15) is 0 Å². The Balaban J connectivity index is 0.00000364. The molecule has 2 rings (SSSR count). The van der Waals surface area contributed by atoms with Crippen molar-refractivity contribution in [2.75, 3.05) is 27.2 Å². The summed E-state index contributed by atoms with van der Waals surface area (Å²) >= 11 is 3.01. The number of nitrogens with zero attached hydrogens (tertiary/aromatic N) is 2. The highest BCUT2D eigenvalue weighted by Gasteiger charge is 2.19. The van der Waals surface area contributed by atoms with Gasteiger partial charge in [-0.1, -0.05) is 13.0 Å². The minimum absolute atomic E-state index is 0. The minimum Gasteiger partial charge on any atom is -0.357 e. The van der Waals surface area contributed by atoms with E-state index in [1.807, 2.05) is 13.0 Å². The van der Waals surface area contributed by atoms with Gasteiger partial charge in [0.1, 0.15) is 4.21 Å². The van der Waals surface area contributed by atoms with E-state index in [-0.39, 0.29) is 24.0 Å². The highest BCUT2D eigenvalue weighted by molar-refractivity contribution is 14.0. The van der Waals surface area contributed by atoms with E-state index in [4.69, 9.17) is 0 Å². The summed E-state index contributed by atoms with van der Waals surface area (Å²) in [7, 11) is -0.305. The van der Waals surface area contributed by atoms with Gasteiger partial charge >= 0.3 is 0 Å². The summed E-state index contributed by atoms with van der Waals surface area (Å²) in [6.07, 6.45) is 0. The molecule has 0 amide bonds. The first-order valence-corrected chi connectivity index (χ1v) is 11.5. The number of sulfonamides is 1. The van der Waals surface area contributed by atoms with Crippen molar-refractivity contribution in [3.05, 3.63) is 39.4 Å². The Kier molecular flexibility index (Phi) is 10.2. The minimum atomic E-state index is -3.38. The predicted molar refractivity (Wildman–Crippen MR) is 126 cm³/mol. The fraction of sp³-hybridized carbons (Fsp3) is 0.471. The van der Waals surface area contributed by atoms with E-state index in [1.165, 1.54) is 34.6 Å². The van der Waals surface area contributed by atoms with E-state index in [1.54, 1.807) is 17.4 Å². The van der Waals surface area contributed by atoms with E-state index in [0.29, 0.717) is 16.7 Å². The Labute approximate surface area is 187 Å². The third-order valence-corrected chi connectivity index (χ3v) is 8.17. The second kappa shape index (κ2) is 11.3. The largest absolute Gasteiger partial charge is 0.357 e. The molecule has 2 heterocycles. The van der Waals surface area contributed by atoms with Crippen LogP contribution in [-0.4, -0.2) is 45.9 Å². The molecule has 27 heavy (non-hydrogen) atoms. The van der Waals surface area contributed by atoms with Crippen molar-refractivity contribution in [3.8, 4) is 0 Å². The van der Waals surface area contributed by atoms with E-state index in [2.05, 4.69) is 40.1 Å². The first kappa shape index (κ1) is 24.3. The molecule has 1 atom stereocenters. The fourth-order valence-corrected chi connectivity index (χ4v) is 5.42. The average Bonchev–Trinajstić information content (AvgIpc) is 3.28. The zero-order valence-electron chi connectivity index (χ0n) is 15.9. The average molecular weight is 543 g/mol. The predicted octanol–water partition coefficient (Wildman–Crippen LogP) is 3.54. The molecule has 0 bridgehead atoms. The maximum absolute atomic E-state index is 12.2. The van der Waals surface area contributed by atoms with Gasteiger partial charge in [0.15, 0.2) is 5.96 Å². The van der Waals surface area contributed by atoms with E-state index in [9.17, 15) is 8.42 Å². The molecule has 0 aliphatic carbocycles. The molecule has 1 unspecified atom stereocenters. The SMILES string of the molecule is CCNC(=NCc1ccc(S(=O)(=O)N(C)C)s1)NCC(C)c1cccs1.I. The summed E-state index contributed by atoms with van der Waals surface area (Å²) in [6.45, 7) is 6.20. The van der Waals surface area contributed by atoms with Crippen molar-refractivity contribution in [2.45, 2.75) is 30.5 Å². The first-order chi connectivity index (χ1) is 12.3. The molecular formula is C17H27IN4O2S3. The lowest BCUT2D eigenvalue weighted by molar-refractivity contribution is 0.523. The van der Waals surface area contributed by atoms with Gasteiger partial charge in [-0.25, -0.2) is 17.7 Å². The molecule has 0 fully saturated rings. The molecule has 2 N–H and O–H groups in total. The van der Waals surface area contributed by atoms with E-state index in [0.717, 1.165) is 23.9 Å². The Morgan fingerprint density at radius 2 is 2.00 bits per heavy atom. The smallest absolute Gasteiger partial charge is 0.252 e. The summed E-state index contributed by atoms with van der Waals surface area (Å²) in [4.78, 5) is 6.83. The zero-order chi connectivity index (χ0) is 19.2. The van der Waals surface area contributed by atoms with Crippen LogP contribution in [0.5, 0.6) is 0 Å². The molecule has 6 nitrogen and oxygen atoms in total. The van der Waals surface area contributed by atoms with Crippen LogP contribution >= 0.6 is 46.7 Å². The van der Waals surface area contributed by atoms with Crippen molar-refractivity contribution in [3.63, 3.8) is 0 Å². The Bertz CT molecular complexity index is 817. The molecule has 152 valence electrons. The first-order valence-electron chi connectivity index (χ1n) is 8.41. The molecule has 0 aliphatic heterocycles. The van der Waals surface area contributed by atoms with Crippen LogP contribution in [0.4, 0.5) is 0 Å². The molecule has 0 radical (unpaired) electrons. The number of nitrogens with one attached hydrogen (secondary N) is 2. The third-order valence-electron chi connectivity index (χ3n) is 3.71. The van der Waals surface area contributed by atoms with Crippen LogP contribution in [0.2, 0.25) is 0 Å². The topological polar surface area (TPSA) is 73.8 Å². The second-order valence-corrected chi connectivity index (χ2v) is 10.5. The van der Waals surface area contributed by atoms with Crippen molar-refractivity contribution >= 4 is 62.6 Å². The van der Waals surface area contributed by atoms with Crippen LogP contribution in [0.15, 0.2) is 38.8 Å². The van der Waals surface area contributed by atoms with Crippen molar-refractivity contribution in [1.82, 2.24) is 14.9 Å². The van der Waals surface area contributed by atoms with E-state index < -0.39 is 10.0 Å². The van der Waals surface area contributed by atoms with Crippen molar-refractivity contribution < 1.29 is 8.42 Å². The van der Waals surface area contributed by atoms with Crippen LogP contribution < -0.4 is 10.6 Å². The van der Waals surface area contributed by atoms with Crippen LogP contribution in [0.3, 0.4) is 0 Å². The fourth-order valence-electron chi connectivity index (χ4n) is 2.18. The molecular weight excluding hydrogens is 515 g/mol. The molecule has 10 heteroatoms. The number of halogens is 1. The molecule has 2 aromatic heterocycles. The molecule has 0 aromatic carbocycles. The maximum atomic E-state index is 12.2. The highest BCUT2D eigenvalue weighted by Crippen LogP contribution is 2.24. The standard InChI is InChI=1S/C17H26N4O2S3.HI/c1-5-18-17(19-11-13(2)15-7-6-10-24-15)20-12-14-8-9-16(25-14)26(22,23)21(3)4;/h6-10,13H,5,11-12H2,1-4H3,(H2,18,19,20);1H. The van der Waals surface area contributed by atoms with Crippen LogP contribution in [0.25, 0.3) is 0 Å². The Morgan fingerprint density at radius 3 is 2.59 bits per heavy atom. The quantitative estimate of drug-likeness (QED) is 0.304. The van der Waals surface area contributed by atoms with Crippen LogP contribution in [-0.2, 0) is 16.6 Å². The van der Waals surface area contributed by atoms with E-state index >= 15 is 0 Å². The van der Waals surface area contributed by atoms with Gasteiger partial charge in [0, 0.05) is 42.9 Å². The number of aliphatic imine (C=N–C) groups is 1. The van der Waals surface area contributed by atoms with Gasteiger partial charge < -0.3 is 10.6 Å². The van der Waals surface area contributed by atoms with Crippen LogP contribution in [0, 0.1) is 0 Å². The number of hydrogen-bond acceptors (Lipinski definition) is 5. The summed E-state index contributed by atoms with van der Waals surface area (Å²) in [5, 5.41) is 8.67. The monoisotopic (exact) mass is 542 g/mol. The normalized spacial score (nSPS) is 13.3. The van der Waals surface area contributed by atoms with Gasteiger partial charge in [-0.05, 0) is 30.5 Å². The number of rotatable bonds is 8. The zero-order valence-corrected chi connectivity index (χ0v) is 20.7. The molecule has 2 aromatic rings. The van der Waals surface area contributed by atoms with Gasteiger partial charge in [0.2, 0.25) is 0 Å². The lowest BCUT2D eigenvalue weighted by Crippen LogP contribution is -2.38. The third kappa shape index (κ3) is 7.00. The highest BCUT2D eigenvalue weighted by atomic mass is 127. The van der Waals surface area contributed by atoms with Crippen molar-refractivity contribution in [2.24, 2.45) is 4.99 Å². The molecule has 0 saturated heterocycles. The number of hydrogen-bond donors (Lipinski definition) is 2. The van der Waals surface area contributed by atoms with Gasteiger partial charge in [0.25, 0.3) is 10.0 Å². The van der Waals surface area contributed by atoms with Gasteiger partial charge in [-0.3, -0.25) is 0 Å². The Hall–Kier alpha value is -0.690. The van der Waals surface area contributed by atoms with Crippen LogP contribution in [0.1, 0.15) is 29.5 Å². The summed E-state index contributed by atoms with van der Waals surface area (Å²) in [5.74, 6) is 1.14. The second-order valence-electron chi connectivity index (χ2n) is 6.00. The summed E-state index contributed by atoms with van der Waals surface area (Å²) in [6, 6.07) is 7.66. The number of thiophene rings is 2. The summed E-state index contributed by atoms with van der Waals surface area (Å²) in [5.41, 5.74) is 0. The van der Waals surface area contributed by atoms with Gasteiger partial charge in [-0.15, -0.1) is 46.7 Å². The Morgan fingerprint density at radius 1 is 1.26 bits per heavy atom. The van der Waals surface area contributed by atoms with Gasteiger partial charge in [0.05, 0.1) is 6.54 Å². The maximum Gasteiger partial charge on any atom is 0.252 e. The summed E-state index contributed by atoms with van der Waals surface area (Å²) < 4.78 is 25.9. The van der Waals surface area contributed by atoms with Crippen molar-refractivity contribution in [1.29, 1.82) is 0 Å². The molecule has 0 spiro atoms. The lowest BCUT2D eigenvalue weighted by Gasteiger charge is -2.14. The lowest BCUT2D eigenvalue weighted by atomic mass is 10.1. The molecule has 0 saturated carbocycles. The molecule has 0 aliphatic rings.